The second kappa shape index (κ2) is 7.39. The Kier molecular flexibility index (Phi) is 5.05. The molecule has 2 aromatic carbocycles. The van der Waals surface area contributed by atoms with Gasteiger partial charge in [-0.25, -0.2) is 0 Å². The predicted octanol–water partition coefficient (Wildman–Crippen LogP) is 6.15. The molecular weight excluding hydrogens is 379 g/mol. The molecule has 0 N–H and O–H groups in total. The third-order valence-electron chi connectivity index (χ3n) is 6.15. The minimum absolute atomic E-state index is 0.121. The average Bonchev–Trinajstić information content (AvgIpc) is 3.13. The van der Waals surface area contributed by atoms with Crippen molar-refractivity contribution in [1.82, 2.24) is 0 Å². The van der Waals surface area contributed by atoms with Gasteiger partial charge in [0, 0.05) is 17.3 Å². The first-order valence-electron chi connectivity index (χ1n) is 10.0. The second-order valence-electron chi connectivity index (χ2n) is 8.24. The van der Waals surface area contributed by atoms with Gasteiger partial charge in [0.05, 0.1) is 0 Å². The number of para-hydroxylation sites is 1. The lowest BCUT2D eigenvalue weighted by molar-refractivity contribution is -0.274. The lowest BCUT2D eigenvalue weighted by Crippen LogP contribution is -2.48. The van der Waals surface area contributed by atoms with Crippen molar-refractivity contribution in [2.24, 2.45) is 11.8 Å². The molecule has 1 heterocycles. The summed E-state index contributed by atoms with van der Waals surface area (Å²) in [4.78, 5) is 15.3. The zero-order valence-corrected chi connectivity index (χ0v) is 16.4. The van der Waals surface area contributed by atoms with Crippen LogP contribution in [-0.2, 0) is 0 Å². The Labute approximate surface area is 168 Å². The fourth-order valence-electron chi connectivity index (χ4n) is 5.16. The van der Waals surface area contributed by atoms with E-state index in [1.54, 1.807) is 0 Å². The number of nitrogens with zero attached hydrogens (tertiary/aromatic N) is 1. The van der Waals surface area contributed by atoms with Crippen molar-refractivity contribution in [1.29, 1.82) is 0 Å². The van der Waals surface area contributed by atoms with Crippen molar-refractivity contribution in [2.75, 3.05) is 4.90 Å². The van der Waals surface area contributed by atoms with E-state index in [9.17, 15) is 18.0 Å². The van der Waals surface area contributed by atoms with E-state index in [-0.39, 0.29) is 17.7 Å². The van der Waals surface area contributed by atoms with Crippen molar-refractivity contribution < 1.29 is 22.7 Å². The van der Waals surface area contributed by atoms with Crippen LogP contribution in [0.15, 0.2) is 48.5 Å². The molecule has 1 saturated carbocycles. The van der Waals surface area contributed by atoms with Gasteiger partial charge in [0.15, 0.2) is 0 Å². The van der Waals surface area contributed by atoms with E-state index in [4.69, 9.17) is 0 Å². The molecule has 2 aliphatic rings. The first-order valence-corrected chi connectivity index (χ1v) is 10.0. The number of carbonyl (C=O) groups excluding carboxylic acids is 1. The van der Waals surface area contributed by atoms with Crippen molar-refractivity contribution in [3.8, 4) is 5.75 Å². The van der Waals surface area contributed by atoms with E-state index < -0.39 is 6.36 Å². The van der Waals surface area contributed by atoms with E-state index in [0.717, 1.165) is 24.9 Å². The Balaban J connectivity index is 1.70. The smallest absolute Gasteiger partial charge is 0.406 e. The average molecular weight is 403 g/mol. The van der Waals surface area contributed by atoms with Gasteiger partial charge in [-0.2, -0.15) is 0 Å². The maximum absolute atomic E-state index is 13.4. The number of amides is 1. The standard InChI is InChI=1S/C23H24F3NO2/c1-14(2)21-17-6-3-4-8-19(17)27(20-9-5-7-18(20)21)22(28)15-10-12-16(13-11-15)29-23(24,25)26/h3-4,6,8,10-14,18,20-21H,5,7,9H2,1-2H3. The maximum atomic E-state index is 13.4. The van der Waals surface area contributed by atoms with E-state index in [0.29, 0.717) is 23.3 Å². The highest BCUT2D eigenvalue weighted by molar-refractivity contribution is 6.07. The molecule has 0 bridgehead atoms. The van der Waals surface area contributed by atoms with Crippen LogP contribution in [0.4, 0.5) is 18.9 Å². The molecule has 2 aromatic rings. The van der Waals surface area contributed by atoms with Gasteiger partial charge < -0.3 is 9.64 Å². The second-order valence-corrected chi connectivity index (χ2v) is 8.24. The molecule has 0 spiro atoms. The molecule has 6 heteroatoms. The predicted molar refractivity (Wildman–Crippen MR) is 105 cm³/mol. The number of anilines is 1. The molecule has 0 saturated heterocycles. The van der Waals surface area contributed by atoms with Gasteiger partial charge in [-0.15, -0.1) is 13.2 Å². The third kappa shape index (κ3) is 3.72. The number of ether oxygens (including phenoxy) is 1. The Morgan fingerprint density at radius 3 is 2.41 bits per heavy atom. The van der Waals surface area contributed by atoms with E-state index in [1.165, 1.54) is 29.8 Å². The maximum Gasteiger partial charge on any atom is 0.573 e. The number of rotatable bonds is 3. The lowest BCUT2D eigenvalue weighted by atomic mass is 9.72. The summed E-state index contributed by atoms with van der Waals surface area (Å²) in [6.45, 7) is 4.46. The minimum Gasteiger partial charge on any atom is -0.406 e. The number of hydrogen-bond acceptors (Lipinski definition) is 2. The van der Waals surface area contributed by atoms with Crippen LogP contribution < -0.4 is 9.64 Å². The number of benzene rings is 2. The van der Waals surface area contributed by atoms with Crippen molar-refractivity contribution >= 4 is 11.6 Å². The van der Waals surface area contributed by atoms with Crippen LogP contribution in [0.25, 0.3) is 0 Å². The first-order chi connectivity index (χ1) is 13.8. The van der Waals surface area contributed by atoms with Crippen LogP contribution in [0.2, 0.25) is 0 Å². The van der Waals surface area contributed by atoms with Gasteiger partial charge in [0.2, 0.25) is 0 Å². The SMILES string of the molecule is CC(C)C1c2ccccc2N(C(=O)c2ccc(OC(F)(F)F)cc2)C2CCCC12. The molecule has 3 atom stereocenters. The van der Waals surface area contributed by atoms with Crippen LogP contribution in [-0.4, -0.2) is 18.3 Å². The highest BCUT2D eigenvalue weighted by Crippen LogP contribution is 2.51. The van der Waals surface area contributed by atoms with Gasteiger partial charge in [-0.05, 0) is 66.5 Å². The van der Waals surface area contributed by atoms with Crippen LogP contribution in [0, 0.1) is 11.8 Å². The molecule has 1 amide bonds. The summed E-state index contributed by atoms with van der Waals surface area (Å²) >= 11 is 0. The molecule has 1 fully saturated rings. The first kappa shape index (κ1) is 19.8. The van der Waals surface area contributed by atoms with Crippen LogP contribution in [0.1, 0.15) is 54.9 Å². The van der Waals surface area contributed by atoms with Crippen LogP contribution in [0.5, 0.6) is 5.75 Å². The summed E-state index contributed by atoms with van der Waals surface area (Å²) in [7, 11) is 0. The largest absolute Gasteiger partial charge is 0.573 e. The lowest BCUT2D eigenvalue weighted by Gasteiger charge is -2.45. The summed E-state index contributed by atoms with van der Waals surface area (Å²) in [6.07, 6.45) is -1.64. The van der Waals surface area contributed by atoms with Crippen LogP contribution in [0.3, 0.4) is 0 Å². The van der Waals surface area contributed by atoms with Crippen molar-refractivity contribution in [3.05, 3.63) is 59.7 Å². The van der Waals surface area contributed by atoms with E-state index in [1.807, 2.05) is 23.1 Å². The summed E-state index contributed by atoms with van der Waals surface area (Å²) < 4.78 is 41.1. The Bertz CT molecular complexity index is 892. The molecule has 0 aromatic heterocycles. The molecule has 4 rings (SSSR count). The molecule has 1 aliphatic heterocycles. The molecule has 0 radical (unpaired) electrons. The summed E-state index contributed by atoms with van der Waals surface area (Å²) in [6, 6.07) is 13.4. The van der Waals surface area contributed by atoms with E-state index in [2.05, 4.69) is 24.7 Å². The molecule has 29 heavy (non-hydrogen) atoms. The Hall–Kier alpha value is -2.50. The molecule has 154 valence electrons. The fraction of sp³-hybridized carbons (Fsp3) is 0.435. The Morgan fingerprint density at radius 2 is 1.76 bits per heavy atom. The number of hydrogen-bond donors (Lipinski definition) is 0. The minimum atomic E-state index is -4.75. The van der Waals surface area contributed by atoms with E-state index >= 15 is 0 Å². The summed E-state index contributed by atoms with van der Waals surface area (Å²) in [5.41, 5.74) is 2.48. The van der Waals surface area contributed by atoms with Gasteiger partial charge in [0.25, 0.3) is 5.91 Å². The van der Waals surface area contributed by atoms with Gasteiger partial charge in [0.1, 0.15) is 5.75 Å². The van der Waals surface area contributed by atoms with Crippen molar-refractivity contribution in [3.63, 3.8) is 0 Å². The topological polar surface area (TPSA) is 29.5 Å². The zero-order chi connectivity index (χ0) is 20.8. The van der Waals surface area contributed by atoms with Gasteiger partial charge in [-0.3, -0.25) is 4.79 Å². The molecule has 1 aliphatic carbocycles. The number of alkyl halides is 3. The molecule has 3 nitrogen and oxygen atoms in total. The van der Waals surface area contributed by atoms with Gasteiger partial charge in [-0.1, -0.05) is 38.5 Å². The number of carbonyl (C=O) groups is 1. The quantitative estimate of drug-likeness (QED) is 0.615. The fourth-order valence-corrected chi connectivity index (χ4v) is 5.16. The number of fused-ring (bicyclic) bond motifs is 2. The zero-order valence-electron chi connectivity index (χ0n) is 16.4. The van der Waals surface area contributed by atoms with Crippen LogP contribution >= 0.6 is 0 Å². The number of halogens is 3. The molecular formula is C23H24F3NO2. The van der Waals surface area contributed by atoms with Crippen molar-refractivity contribution in [2.45, 2.75) is 51.4 Å². The highest BCUT2D eigenvalue weighted by Gasteiger charge is 2.46. The van der Waals surface area contributed by atoms with Gasteiger partial charge >= 0.3 is 6.36 Å². The highest BCUT2D eigenvalue weighted by atomic mass is 19.4. The Morgan fingerprint density at radius 1 is 1.07 bits per heavy atom. The molecule has 3 unspecified atom stereocenters. The third-order valence-corrected chi connectivity index (χ3v) is 6.15. The monoisotopic (exact) mass is 403 g/mol. The normalized spacial score (nSPS) is 23.7. The summed E-state index contributed by atoms with van der Waals surface area (Å²) in [5.74, 6) is 0.784. The summed E-state index contributed by atoms with van der Waals surface area (Å²) in [5, 5.41) is 0.